The molecule has 0 aromatic heterocycles. The number of ether oxygens (including phenoxy) is 1. The Labute approximate surface area is 347 Å². The minimum absolute atomic E-state index is 0.0228. The molecule has 1 saturated heterocycles. The lowest BCUT2D eigenvalue weighted by atomic mass is 9.79. The zero-order valence-electron chi connectivity index (χ0n) is 35.1. The Morgan fingerprint density at radius 2 is 1.08 bits per heavy atom. The van der Waals surface area contributed by atoms with Crippen LogP contribution in [0.5, 0.6) is 0 Å². The largest absolute Gasteiger partial charge is 0.457 e. The Balaban J connectivity index is 1.39. The minimum atomic E-state index is -0.943. The predicted octanol–water partition coefficient (Wildman–Crippen LogP) is 1.90. The van der Waals surface area contributed by atoms with Gasteiger partial charge in [0, 0.05) is 78.2 Å². The molecule has 2 atom stereocenters. The Morgan fingerprint density at radius 3 is 1.54 bits per heavy atom. The van der Waals surface area contributed by atoms with Crippen molar-refractivity contribution in [1.82, 2.24) is 37.0 Å². The number of imide groups is 1. The lowest BCUT2D eigenvalue weighted by molar-refractivity contribution is -0.205. The Kier molecular flexibility index (Phi) is 25.0. The normalized spacial score (nSPS) is 18.2. The summed E-state index contributed by atoms with van der Waals surface area (Å²) in [6.45, 7) is 6.45. The number of unbranched alkanes of at least 4 members (excludes halogenated alkanes) is 6. The molecule has 0 unspecified atom stereocenters. The van der Waals surface area contributed by atoms with Crippen LogP contribution in [0.1, 0.15) is 136 Å². The molecule has 332 valence electrons. The SMILES string of the molecule is CC(=O)NCCCCCNC(=O)CCC(=O)NCCCCCNC(=O)CCC(=O)NCCCCCNCC(=O)O[C@@H]1/C=C/CC[C@](C)(C(=O)ON2C(=O)CCC2=O)CC1. The summed E-state index contributed by atoms with van der Waals surface area (Å²) >= 11 is 0. The Bertz CT molecular complexity index is 1420. The molecular formula is C41H67N7O11. The lowest BCUT2D eigenvalue weighted by Gasteiger charge is -2.30. The van der Waals surface area contributed by atoms with Gasteiger partial charge in [-0.15, -0.1) is 5.06 Å². The molecule has 0 spiro atoms. The molecular weight excluding hydrogens is 766 g/mol. The van der Waals surface area contributed by atoms with Gasteiger partial charge in [0.1, 0.15) is 6.10 Å². The maximum Gasteiger partial charge on any atom is 0.339 e. The van der Waals surface area contributed by atoms with Crippen molar-refractivity contribution < 1.29 is 52.7 Å². The molecule has 0 bridgehead atoms. The zero-order valence-corrected chi connectivity index (χ0v) is 35.1. The monoisotopic (exact) mass is 833 g/mol. The Morgan fingerprint density at radius 1 is 0.644 bits per heavy atom. The summed E-state index contributed by atoms with van der Waals surface area (Å²) in [7, 11) is 0. The smallest absolute Gasteiger partial charge is 0.339 e. The van der Waals surface area contributed by atoms with Crippen molar-refractivity contribution in [2.24, 2.45) is 5.41 Å². The number of carbonyl (C=O) groups excluding carboxylic acids is 9. The van der Waals surface area contributed by atoms with Crippen molar-refractivity contribution in [3.05, 3.63) is 12.2 Å². The van der Waals surface area contributed by atoms with Crippen LogP contribution in [0.2, 0.25) is 0 Å². The van der Waals surface area contributed by atoms with Crippen LogP contribution in [0.4, 0.5) is 0 Å². The number of allylic oxidation sites excluding steroid dienone is 1. The molecule has 0 aromatic carbocycles. The fourth-order valence-corrected chi connectivity index (χ4v) is 6.27. The number of nitrogens with zero attached hydrogens (tertiary/aromatic N) is 1. The number of rotatable bonds is 29. The van der Waals surface area contributed by atoms with E-state index >= 15 is 0 Å². The first kappa shape index (κ1) is 50.3. The van der Waals surface area contributed by atoms with Gasteiger partial charge in [0.25, 0.3) is 11.8 Å². The molecule has 7 amide bonds. The fraction of sp³-hybridized carbons (Fsp3) is 0.732. The van der Waals surface area contributed by atoms with E-state index in [2.05, 4.69) is 31.9 Å². The molecule has 1 aliphatic heterocycles. The van der Waals surface area contributed by atoms with Gasteiger partial charge in [-0.3, -0.25) is 38.4 Å². The standard InChI is InChI=1S/C41H67N7O11/c1-31(49)43-25-9-4-11-27-45-34(51)17-18-36(53)47-29-13-5-12-28-46-35(52)16-15-33(50)44-26-10-3-8-24-42-30-39(56)58-32-14-6-7-22-41(2,23-21-32)40(57)59-48-37(54)19-20-38(48)55/h6,14,32,42H,3-5,7-13,15-30H2,1-2H3,(H,43,49)(H,44,50)(H,45,51)(H,46,52)(H,47,53)/b14-6+/t32-,41+/m1/s1. The number of nitrogens with one attached hydrogen (secondary N) is 6. The van der Waals surface area contributed by atoms with E-state index in [0.717, 1.165) is 57.8 Å². The van der Waals surface area contributed by atoms with E-state index in [0.29, 0.717) is 70.0 Å². The summed E-state index contributed by atoms with van der Waals surface area (Å²) in [5, 5.41) is 17.6. The molecule has 0 aromatic rings. The number of esters is 1. The second-order valence-corrected chi connectivity index (χ2v) is 15.3. The van der Waals surface area contributed by atoms with Gasteiger partial charge >= 0.3 is 11.9 Å². The van der Waals surface area contributed by atoms with Crippen LogP contribution in [0, 0.1) is 5.41 Å². The van der Waals surface area contributed by atoms with E-state index in [1.807, 2.05) is 12.2 Å². The summed E-state index contributed by atoms with van der Waals surface area (Å²) in [6, 6.07) is 0. The number of carbonyl (C=O) groups is 9. The van der Waals surface area contributed by atoms with Gasteiger partial charge in [-0.05, 0) is 96.6 Å². The van der Waals surface area contributed by atoms with Crippen LogP contribution >= 0.6 is 0 Å². The van der Waals surface area contributed by atoms with Gasteiger partial charge in [-0.25, -0.2) is 4.79 Å². The number of amides is 7. The van der Waals surface area contributed by atoms with E-state index in [9.17, 15) is 43.2 Å². The first-order valence-electron chi connectivity index (χ1n) is 21.3. The number of hydrogen-bond acceptors (Lipinski definition) is 12. The first-order chi connectivity index (χ1) is 28.3. The van der Waals surface area contributed by atoms with Crippen LogP contribution in [0.15, 0.2) is 12.2 Å². The molecule has 18 heteroatoms. The third kappa shape index (κ3) is 23.3. The number of hydroxylamine groups is 2. The van der Waals surface area contributed by atoms with Gasteiger partial charge in [-0.1, -0.05) is 12.5 Å². The molecule has 59 heavy (non-hydrogen) atoms. The molecule has 1 fully saturated rings. The summed E-state index contributed by atoms with van der Waals surface area (Å²) in [5.41, 5.74) is -0.943. The van der Waals surface area contributed by atoms with Crippen molar-refractivity contribution >= 4 is 53.3 Å². The van der Waals surface area contributed by atoms with E-state index in [-0.39, 0.29) is 74.6 Å². The van der Waals surface area contributed by atoms with Crippen LogP contribution in [0.3, 0.4) is 0 Å². The lowest BCUT2D eigenvalue weighted by Crippen LogP contribution is -2.40. The zero-order chi connectivity index (χ0) is 43.3. The van der Waals surface area contributed by atoms with E-state index in [1.165, 1.54) is 6.92 Å². The molecule has 2 aliphatic rings. The third-order valence-corrected chi connectivity index (χ3v) is 9.98. The molecule has 1 heterocycles. The molecule has 0 saturated carbocycles. The molecule has 1 aliphatic carbocycles. The van der Waals surface area contributed by atoms with Gasteiger partial charge in [0.05, 0.1) is 12.0 Å². The average Bonchev–Trinajstić information content (AvgIpc) is 3.51. The molecule has 2 rings (SSSR count). The van der Waals surface area contributed by atoms with E-state index < -0.39 is 35.3 Å². The molecule has 18 nitrogen and oxygen atoms in total. The molecule has 6 N–H and O–H groups in total. The summed E-state index contributed by atoms with van der Waals surface area (Å²) in [4.78, 5) is 113. The topological polar surface area (TPSA) is 248 Å². The minimum Gasteiger partial charge on any atom is -0.457 e. The second-order valence-electron chi connectivity index (χ2n) is 15.3. The van der Waals surface area contributed by atoms with Gasteiger partial charge < -0.3 is 41.5 Å². The van der Waals surface area contributed by atoms with E-state index in [1.54, 1.807) is 6.92 Å². The summed E-state index contributed by atoms with van der Waals surface area (Å²) < 4.78 is 5.60. The predicted molar refractivity (Wildman–Crippen MR) is 216 cm³/mol. The van der Waals surface area contributed by atoms with Gasteiger partial charge in [0.15, 0.2) is 0 Å². The fourth-order valence-electron chi connectivity index (χ4n) is 6.27. The van der Waals surface area contributed by atoms with E-state index in [4.69, 9.17) is 9.57 Å². The Hall–Kier alpha value is -4.87. The van der Waals surface area contributed by atoms with Gasteiger partial charge in [-0.2, -0.15) is 0 Å². The number of hydrogen-bond donors (Lipinski definition) is 6. The van der Waals surface area contributed by atoms with Crippen LogP contribution in [-0.2, 0) is 52.7 Å². The highest BCUT2D eigenvalue weighted by molar-refractivity contribution is 6.01. The highest BCUT2D eigenvalue weighted by atomic mass is 16.7. The van der Waals surface area contributed by atoms with Crippen molar-refractivity contribution in [2.45, 2.75) is 142 Å². The van der Waals surface area contributed by atoms with Crippen molar-refractivity contribution in [3.63, 3.8) is 0 Å². The molecule has 0 radical (unpaired) electrons. The van der Waals surface area contributed by atoms with Crippen LogP contribution in [-0.4, -0.2) is 110 Å². The highest BCUT2D eigenvalue weighted by Crippen LogP contribution is 2.35. The summed E-state index contributed by atoms with van der Waals surface area (Å²) in [5.74, 6) is -2.91. The van der Waals surface area contributed by atoms with Crippen LogP contribution < -0.4 is 31.9 Å². The first-order valence-corrected chi connectivity index (χ1v) is 21.3. The quantitative estimate of drug-likeness (QED) is 0.0274. The second kappa shape index (κ2) is 29.4. The maximum absolute atomic E-state index is 12.9. The van der Waals surface area contributed by atoms with Gasteiger partial charge in [0.2, 0.25) is 29.5 Å². The third-order valence-electron chi connectivity index (χ3n) is 9.98. The van der Waals surface area contributed by atoms with Crippen molar-refractivity contribution in [2.75, 3.05) is 45.8 Å². The van der Waals surface area contributed by atoms with Crippen LogP contribution in [0.25, 0.3) is 0 Å². The summed E-state index contributed by atoms with van der Waals surface area (Å²) in [6.07, 6.45) is 12.6. The van der Waals surface area contributed by atoms with Crippen molar-refractivity contribution in [3.8, 4) is 0 Å². The highest BCUT2D eigenvalue weighted by Gasteiger charge is 2.41. The average molecular weight is 834 g/mol. The maximum atomic E-state index is 12.9. The van der Waals surface area contributed by atoms with Crippen molar-refractivity contribution in [1.29, 1.82) is 0 Å².